The van der Waals surface area contributed by atoms with Crippen LogP contribution in [0.2, 0.25) is 0 Å². The highest BCUT2D eigenvalue weighted by Gasteiger charge is 2.42. The van der Waals surface area contributed by atoms with Crippen LogP contribution in [0.1, 0.15) is 40.6 Å². The van der Waals surface area contributed by atoms with E-state index in [1.54, 1.807) is 0 Å². The van der Waals surface area contributed by atoms with E-state index < -0.39 is 18.0 Å². The molecule has 1 aromatic rings. The SMILES string of the molecule is CC(=O)c1c[nH]c(C(=O)N2CCCC(C(F)(F)F)C2)c1. The number of H-pyrrole nitrogens is 1. The summed E-state index contributed by atoms with van der Waals surface area (Å²) < 4.78 is 38.1. The molecule has 7 heteroatoms. The molecule has 0 spiro atoms. The molecule has 1 amide bonds. The number of ketones is 1. The molecular formula is C13H15F3N2O2. The van der Waals surface area contributed by atoms with E-state index in [1.807, 2.05) is 0 Å². The highest BCUT2D eigenvalue weighted by atomic mass is 19.4. The Balaban J connectivity index is 2.10. The van der Waals surface area contributed by atoms with Gasteiger partial charge in [0.25, 0.3) is 5.91 Å². The van der Waals surface area contributed by atoms with Crippen LogP contribution in [0.4, 0.5) is 13.2 Å². The number of piperidine rings is 1. The standard InChI is InChI=1S/C13H15F3N2O2/c1-8(19)9-5-11(17-6-9)12(20)18-4-2-3-10(7-18)13(14,15)16/h5-6,10,17H,2-4,7H2,1H3. The van der Waals surface area contributed by atoms with Crippen molar-refractivity contribution in [1.29, 1.82) is 0 Å². The zero-order valence-electron chi connectivity index (χ0n) is 11.0. The van der Waals surface area contributed by atoms with Gasteiger partial charge in [-0.1, -0.05) is 0 Å². The van der Waals surface area contributed by atoms with Crippen molar-refractivity contribution in [3.05, 3.63) is 23.5 Å². The van der Waals surface area contributed by atoms with Crippen molar-refractivity contribution in [3.63, 3.8) is 0 Å². The van der Waals surface area contributed by atoms with Crippen LogP contribution in [0.15, 0.2) is 12.3 Å². The molecule has 0 radical (unpaired) electrons. The molecule has 2 rings (SSSR count). The summed E-state index contributed by atoms with van der Waals surface area (Å²) in [4.78, 5) is 27.1. The number of alkyl halides is 3. The number of rotatable bonds is 2. The summed E-state index contributed by atoms with van der Waals surface area (Å²) in [7, 11) is 0. The number of carbonyl (C=O) groups is 2. The van der Waals surface area contributed by atoms with Crippen LogP contribution < -0.4 is 0 Å². The fraction of sp³-hybridized carbons (Fsp3) is 0.538. The number of Topliss-reactive ketones (excluding diaryl/α,β-unsaturated/α-hetero) is 1. The molecule has 0 saturated carbocycles. The Bertz CT molecular complexity index is 522. The van der Waals surface area contributed by atoms with Crippen LogP contribution >= 0.6 is 0 Å². The molecule has 0 aliphatic carbocycles. The number of hydrogen-bond donors (Lipinski definition) is 1. The van der Waals surface area contributed by atoms with Gasteiger partial charge in [-0.2, -0.15) is 13.2 Å². The summed E-state index contributed by atoms with van der Waals surface area (Å²) in [5.74, 6) is -2.17. The molecule has 1 aliphatic heterocycles. The molecule has 110 valence electrons. The number of nitrogens with one attached hydrogen (secondary N) is 1. The first-order chi connectivity index (χ1) is 9.29. The minimum absolute atomic E-state index is 0.0523. The van der Waals surface area contributed by atoms with Gasteiger partial charge in [0.15, 0.2) is 5.78 Å². The smallest absolute Gasteiger partial charge is 0.356 e. The van der Waals surface area contributed by atoms with Crippen LogP contribution in [0.5, 0.6) is 0 Å². The van der Waals surface area contributed by atoms with Crippen LogP contribution in [0.3, 0.4) is 0 Å². The number of likely N-dealkylation sites (tertiary alicyclic amines) is 1. The topological polar surface area (TPSA) is 53.2 Å². The molecule has 1 saturated heterocycles. The second-order valence-electron chi connectivity index (χ2n) is 4.99. The second-order valence-corrected chi connectivity index (χ2v) is 4.99. The van der Waals surface area contributed by atoms with Gasteiger partial charge in [-0.05, 0) is 25.8 Å². The zero-order chi connectivity index (χ0) is 14.9. The average molecular weight is 288 g/mol. The molecule has 4 nitrogen and oxygen atoms in total. The van der Waals surface area contributed by atoms with Gasteiger partial charge in [0.2, 0.25) is 0 Å². The Labute approximate surface area is 113 Å². The van der Waals surface area contributed by atoms with Crippen molar-refractivity contribution >= 4 is 11.7 Å². The van der Waals surface area contributed by atoms with E-state index in [2.05, 4.69) is 4.98 Å². The van der Waals surface area contributed by atoms with Crippen LogP contribution in [0, 0.1) is 5.92 Å². The van der Waals surface area contributed by atoms with Crippen molar-refractivity contribution in [1.82, 2.24) is 9.88 Å². The van der Waals surface area contributed by atoms with Gasteiger partial charge >= 0.3 is 6.18 Å². The predicted octanol–water partition coefficient (Wildman–Crippen LogP) is 2.63. The van der Waals surface area contributed by atoms with Gasteiger partial charge in [0, 0.05) is 24.8 Å². The van der Waals surface area contributed by atoms with Crippen molar-refractivity contribution in [3.8, 4) is 0 Å². The lowest BCUT2D eigenvalue weighted by molar-refractivity contribution is -0.184. The first-order valence-corrected chi connectivity index (χ1v) is 6.34. The Morgan fingerprint density at radius 1 is 1.40 bits per heavy atom. The van der Waals surface area contributed by atoms with E-state index >= 15 is 0 Å². The predicted molar refractivity (Wildman–Crippen MR) is 65.5 cm³/mol. The third-order valence-electron chi connectivity index (χ3n) is 3.49. The number of aromatic amines is 1. The van der Waals surface area contributed by atoms with Crippen molar-refractivity contribution < 1.29 is 22.8 Å². The number of halogens is 3. The number of nitrogens with zero attached hydrogens (tertiary/aromatic N) is 1. The first-order valence-electron chi connectivity index (χ1n) is 6.34. The third kappa shape index (κ3) is 3.02. The molecule has 1 fully saturated rings. The molecule has 1 atom stereocenters. The molecule has 1 unspecified atom stereocenters. The van der Waals surface area contributed by atoms with Gasteiger partial charge in [0.1, 0.15) is 5.69 Å². The summed E-state index contributed by atoms with van der Waals surface area (Å²) in [5.41, 5.74) is 0.496. The molecular weight excluding hydrogens is 273 g/mol. The molecule has 1 N–H and O–H groups in total. The molecule has 0 bridgehead atoms. The molecule has 20 heavy (non-hydrogen) atoms. The fourth-order valence-corrected chi connectivity index (χ4v) is 2.32. The Morgan fingerprint density at radius 2 is 2.10 bits per heavy atom. The van der Waals surface area contributed by atoms with E-state index in [1.165, 1.54) is 24.1 Å². The summed E-state index contributed by atoms with van der Waals surface area (Å²) in [6.07, 6.45) is -2.51. The lowest BCUT2D eigenvalue weighted by Gasteiger charge is -2.33. The molecule has 0 aromatic carbocycles. The average Bonchev–Trinajstić information content (AvgIpc) is 2.87. The summed E-state index contributed by atoms with van der Waals surface area (Å²) in [6.45, 7) is 1.34. The van der Waals surface area contributed by atoms with Crippen molar-refractivity contribution in [2.45, 2.75) is 25.9 Å². The second kappa shape index (κ2) is 5.30. The maximum Gasteiger partial charge on any atom is 0.393 e. The first kappa shape index (κ1) is 14.6. The van der Waals surface area contributed by atoms with Gasteiger partial charge < -0.3 is 9.88 Å². The zero-order valence-corrected chi connectivity index (χ0v) is 11.0. The largest absolute Gasteiger partial charge is 0.393 e. The van der Waals surface area contributed by atoms with Crippen LogP contribution in [-0.4, -0.2) is 40.8 Å². The molecule has 2 heterocycles. The third-order valence-corrected chi connectivity index (χ3v) is 3.49. The highest BCUT2D eigenvalue weighted by Crippen LogP contribution is 2.33. The Kier molecular flexibility index (Phi) is 3.87. The lowest BCUT2D eigenvalue weighted by atomic mass is 9.97. The normalized spacial score (nSPS) is 20.0. The Hall–Kier alpha value is -1.79. The van der Waals surface area contributed by atoms with E-state index in [9.17, 15) is 22.8 Å². The molecule has 1 aliphatic rings. The van der Waals surface area contributed by atoms with Crippen molar-refractivity contribution in [2.24, 2.45) is 5.92 Å². The lowest BCUT2D eigenvalue weighted by Crippen LogP contribution is -2.44. The van der Waals surface area contributed by atoms with E-state index in [0.29, 0.717) is 18.5 Å². The minimum atomic E-state index is -4.28. The number of carbonyl (C=O) groups excluding carboxylic acids is 2. The van der Waals surface area contributed by atoms with Crippen molar-refractivity contribution in [2.75, 3.05) is 13.1 Å². The van der Waals surface area contributed by atoms with E-state index in [-0.39, 0.29) is 24.4 Å². The minimum Gasteiger partial charge on any atom is -0.356 e. The maximum absolute atomic E-state index is 12.7. The fourth-order valence-electron chi connectivity index (χ4n) is 2.32. The van der Waals surface area contributed by atoms with Gasteiger partial charge in [-0.25, -0.2) is 0 Å². The van der Waals surface area contributed by atoms with E-state index in [4.69, 9.17) is 0 Å². The van der Waals surface area contributed by atoms with Gasteiger partial charge in [-0.15, -0.1) is 0 Å². The summed E-state index contributed by atoms with van der Waals surface area (Å²) in [6, 6.07) is 1.38. The Morgan fingerprint density at radius 3 is 2.65 bits per heavy atom. The number of aromatic nitrogens is 1. The van der Waals surface area contributed by atoms with Gasteiger partial charge in [-0.3, -0.25) is 9.59 Å². The van der Waals surface area contributed by atoms with E-state index in [0.717, 1.165) is 0 Å². The number of amides is 1. The van der Waals surface area contributed by atoms with Crippen LogP contribution in [0.25, 0.3) is 0 Å². The van der Waals surface area contributed by atoms with Gasteiger partial charge in [0.05, 0.1) is 5.92 Å². The summed E-state index contributed by atoms with van der Waals surface area (Å²) in [5, 5.41) is 0. The maximum atomic E-state index is 12.7. The molecule has 1 aromatic heterocycles. The summed E-state index contributed by atoms with van der Waals surface area (Å²) >= 11 is 0. The number of hydrogen-bond acceptors (Lipinski definition) is 2. The van der Waals surface area contributed by atoms with Crippen LogP contribution in [-0.2, 0) is 0 Å². The quantitative estimate of drug-likeness (QED) is 0.851. The highest BCUT2D eigenvalue weighted by molar-refractivity contribution is 5.99. The monoisotopic (exact) mass is 288 g/mol.